The molecule has 1 aliphatic rings. The number of methoxy groups -OCH3 is 2. The van der Waals surface area contributed by atoms with Crippen LogP contribution in [0.4, 0.5) is 0 Å². The van der Waals surface area contributed by atoms with E-state index in [9.17, 15) is 4.79 Å². The molecule has 1 aliphatic heterocycles. The Morgan fingerprint density at radius 2 is 1.86 bits per heavy atom. The number of ether oxygens (including phenoxy) is 3. The van der Waals surface area contributed by atoms with E-state index in [4.69, 9.17) is 14.2 Å². The molecule has 4 nitrogen and oxygen atoms in total. The van der Waals surface area contributed by atoms with Gasteiger partial charge in [0.25, 0.3) is 0 Å². The smallest absolute Gasteiger partial charge is 0.330 e. The molecule has 122 valence electrons. The minimum absolute atomic E-state index is 0.0610. The summed E-state index contributed by atoms with van der Waals surface area (Å²) >= 11 is 0. The molecule has 0 aromatic heterocycles. The first-order valence-corrected chi connectivity index (χ1v) is 7.68. The Morgan fingerprint density at radius 3 is 2.29 bits per heavy atom. The van der Waals surface area contributed by atoms with Crippen molar-refractivity contribution in [3.05, 3.63) is 12.2 Å². The van der Waals surface area contributed by atoms with Gasteiger partial charge in [0.05, 0.1) is 12.2 Å². The molecule has 1 heterocycles. The fourth-order valence-electron chi connectivity index (χ4n) is 3.62. The summed E-state index contributed by atoms with van der Waals surface area (Å²) in [6.07, 6.45) is 3.96. The van der Waals surface area contributed by atoms with E-state index in [0.29, 0.717) is 5.92 Å². The first-order valence-electron chi connectivity index (χ1n) is 7.68. The van der Waals surface area contributed by atoms with E-state index in [1.54, 1.807) is 14.2 Å². The van der Waals surface area contributed by atoms with Gasteiger partial charge in [-0.25, -0.2) is 4.79 Å². The Morgan fingerprint density at radius 1 is 1.24 bits per heavy atom. The number of carbonyl (C=O) groups is 1. The van der Waals surface area contributed by atoms with Crippen LogP contribution in [0.1, 0.15) is 41.0 Å². The highest BCUT2D eigenvalue weighted by Gasteiger charge is 2.45. The van der Waals surface area contributed by atoms with Gasteiger partial charge in [0.1, 0.15) is 6.10 Å². The summed E-state index contributed by atoms with van der Waals surface area (Å²) < 4.78 is 17.0. The molecule has 0 fully saturated rings. The van der Waals surface area contributed by atoms with Gasteiger partial charge in [-0.3, -0.25) is 0 Å². The van der Waals surface area contributed by atoms with Crippen LogP contribution in [-0.4, -0.2) is 38.5 Å². The van der Waals surface area contributed by atoms with Crippen molar-refractivity contribution in [1.82, 2.24) is 0 Å². The lowest BCUT2D eigenvalue weighted by Crippen LogP contribution is -2.50. The predicted octanol–water partition coefficient (Wildman–Crippen LogP) is 3.21. The van der Waals surface area contributed by atoms with Crippen LogP contribution in [-0.2, 0) is 19.0 Å². The predicted molar refractivity (Wildman–Crippen MR) is 83.0 cm³/mol. The fourth-order valence-corrected chi connectivity index (χ4v) is 3.62. The molecule has 0 bridgehead atoms. The Hall–Kier alpha value is -0.870. The summed E-state index contributed by atoms with van der Waals surface area (Å²) in [5.74, 6) is 0.320. The van der Waals surface area contributed by atoms with Crippen LogP contribution in [0.15, 0.2) is 12.2 Å². The standard InChI is InChI=1S/C17H30O4/c1-11(2)15(19-6)12(3)16(20-7)17(4,5)13-9-8-10-14(18)21-13/h8,10-13,15-16H,9H2,1-7H3/t12-,13-,15-,16-/m0/s1. The maximum absolute atomic E-state index is 11.5. The van der Waals surface area contributed by atoms with Gasteiger partial charge < -0.3 is 14.2 Å². The molecule has 0 aromatic rings. The molecule has 4 heteroatoms. The van der Waals surface area contributed by atoms with Gasteiger partial charge >= 0.3 is 5.97 Å². The van der Waals surface area contributed by atoms with Gasteiger partial charge in [-0.2, -0.15) is 0 Å². The SMILES string of the molecule is CO[C@@H](C(C)C)[C@H](C)[C@H](OC)C(C)(C)[C@@H]1CC=CC(=O)O1. The molecule has 0 saturated carbocycles. The number of hydrogen-bond donors (Lipinski definition) is 0. The first-order chi connectivity index (χ1) is 9.75. The third-order valence-electron chi connectivity index (χ3n) is 4.60. The monoisotopic (exact) mass is 298 g/mol. The van der Waals surface area contributed by atoms with Crippen LogP contribution in [0.5, 0.6) is 0 Å². The largest absolute Gasteiger partial charge is 0.458 e. The van der Waals surface area contributed by atoms with Crippen molar-refractivity contribution in [2.75, 3.05) is 14.2 Å². The van der Waals surface area contributed by atoms with E-state index in [1.165, 1.54) is 6.08 Å². The van der Waals surface area contributed by atoms with Crippen LogP contribution in [0, 0.1) is 17.3 Å². The quantitative estimate of drug-likeness (QED) is 0.677. The summed E-state index contributed by atoms with van der Waals surface area (Å²) in [5.41, 5.74) is -0.291. The second-order valence-corrected chi connectivity index (χ2v) is 6.84. The van der Waals surface area contributed by atoms with E-state index in [2.05, 4.69) is 34.6 Å². The molecule has 0 aromatic carbocycles. The number of carbonyl (C=O) groups excluding carboxylic acids is 1. The number of esters is 1. The van der Waals surface area contributed by atoms with Crippen LogP contribution in [0.25, 0.3) is 0 Å². The molecule has 0 N–H and O–H groups in total. The maximum Gasteiger partial charge on any atom is 0.330 e. The highest BCUT2D eigenvalue weighted by Crippen LogP contribution is 2.39. The van der Waals surface area contributed by atoms with Gasteiger partial charge in [-0.05, 0) is 5.92 Å². The molecule has 0 unspecified atom stereocenters. The van der Waals surface area contributed by atoms with E-state index in [-0.39, 0.29) is 35.6 Å². The molecular weight excluding hydrogens is 268 g/mol. The summed E-state index contributed by atoms with van der Waals surface area (Å²) in [5, 5.41) is 0. The summed E-state index contributed by atoms with van der Waals surface area (Å²) in [4.78, 5) is 11.5. The van der Waals surface area contributed by atoms with Crippen molar-refractivity contribution in [3.8, 4) is 0 Å². The molecule has 0 saturated heterocycles. The van der Waals surface area contributed by atoms with Crippen molar-refractivity contribution >= 4 is 5.97 Å². The third kappa shape index (κ3) is 4.07. The van der Waals surface area contributed by atoms with E-state index >= 15 is 0 Å². The third-order valence-corrected chi connectivity index (χ3v) is 4.60. The van der Waals surface area contributed by atoms with Crippen LogP contribution < -0.4 is 0 Å². The summed E-state index contributed by atoms with van der Waals surface area (Å²) in [6, 6.07) is 0. The molecular formula is C17H30O4. The number of cyclic esters (lactones) is 1. The molecule has 0 radical (unpaired) electrons. The lowest BCUT2D eigenvalue weighted by Gasteiger charge is -2.44. The zero-order valence-electron chi connectivity index (χ0n) is 14.4. The minimum atomic E-state index is -0.291. The molecule has 21 heavy (non-hydrogen) atoms. The molecule has 0 amide bonds. The zero-order valence-corrected chi connectivity index (χ0v) is 14.4. The maximum atomic E-state index is 11.5. The van der Waals surface area contributed by atoms with Crippen molar-refractivity contribution in [2.45, 2.75) is 59.4 Å². The Balaban J connectivity index is 2.95. The van der Waals surface area contributed by atoms with E-state index in [1.807, 2.05) is 6.08 Å². The van der Waals surface area contributed by atoms with Gasteiger partial charge in [0.15, 0.2) is 0 Å². The number of rotatable bonds is 7. The lowest BCUT2D eigenvalue weighted by atomic mass is 9.71. The zero-order chi connectivity index (χ0) is 16.2. The van der Waals surface area contributed by atoms with Gasteiger partial charge in [0.2, 0.25) is 0 Å². The molecule has 4 atom stereocenters. The van der Waals surface area contributed by atoms with Crippen molar-refractivity contribution in [2.24, 2.45) is 17.3 Å². The Labute approximate surface area is 128 Å². The topological polar surface area (TPSA) is 44.8 Å². The summed E-state index contributed by atoms with van der Waals surface area (Å²) in [6.45, 7) is 10.6. The second-order valence-electron chi connectivity index (χ2n) is 6.84. The van der Waals surface area contributed by atoms with Crippen molar-refractivity contribution < 1.29 is 19.0 Å². The van der Waals surface area contributed by atoms with Crippen LogP contribution >= 0.6 is 0 Å². The average Bonchev–Trinajstić information content (AvgIpc) is 2.39. The van der Waals surface area contributed by atoms with E-state index in [0.717, 1.165) is 6.42 Å². The van der Waals surface area contributed by atoms with Gasteiger partial charge in [-0.1, -0.05) is 40.7 Å². The Kier molecular flexibility index (Phi) is 6.41. The van der Waals surface area contributed by atoms with Crippen molar-refractivity contribution in [3.63, 3.8) is 0 Å². The highest BCUT2D eigenvalue weighted by atomic mass is 16.5. The van der Waals surface area contributed by atoms with E-state index < -0.39 is 0 Å². The molecule has 0 aliphatic carbocycles. The average molecular weight is 298 g/mol. The molecule has 0 spiro atoms. The normalized spacial score (nSPS) is 23.8. The molecule has 1 rings (SSSR count). The lowest BCUT2D eigenvalue weighted by molar-refractivity contribution is -0.166. The van der Waals surface area contributed by atoms with Gasteiger partial charge in [0, 0.05) is 38.0 Å². The summed E-state index contributed by atoms with van der Waals surface area (Å²) in [7, 11) is 3.46. The van der Waals surface area contributed by atoms with Crippen LogP contribution in [0.2, 0.25) is 0 Å². The fraction of sp³-hybridized carbons (Fsp3) is 0.824. The Bertz CT molecular complexity index is 373. The van der Waals surface area contributed by atoms with Gasteiger partial charge in [-0.15, -0.1) is 0 Å². The van der Waals surface area contributed by atoms with Crippen molar-refractivity contribution in [1.29, 1.82) is 0 Å². The van der Waals surface area contributed by atoms with Crippen LogP contribution in [0.3, 0.4) is 0 Å². The second kappa shape index (κ2) is 7.41. The highest BCUT2D eigenvalue weighted by molar-refractivity contribution is 5.82. The minimum Gasteiger partial charge on any atom is -0.458 e. The number of hydrogen-bond acceptors (Lipinski definition) is 4. The first kappa shape index (κ1) is 18.2.